The molecule has 0 fully saturated rings. The summed E-state index contributed by atoms with van der Waals surface area (Å²) in [5, 5.41) is 9.74. The Morgan fingerprint density at radius 2 is 1.81 bits per heavy atom. The van der Waals surface area contributed by atoms with Crippen LogP contribution in [0, 0.1) is 0 Å². The Bertz CT molecular complexity index is 202. The summed E-state index contributed by atoms with van der Waals surface area (Å²) in [6, 6.07) is 0. The quantitative estimate of drug-likeness (QED) is 0.707. The Morgan fingerprint density at radius 1 is 1.31 bits per heavy atom. The second-order valence-corrected chi connectivity index (χ2v) is 11.7. The largest absolute Gasteiger partial charge is 0.389 e. The zero-order chi connectivity index (χ0) is 13.0. The monoisotopic (exact) mass is 247 g/mol. The first kappa shape index (κ1) is 16.1. The lowest BCUT2D eigenvalue weighted by molar-refractivity contribution is 0.0195. The molecule has 0 saturated carbocycles. The van der Waals surface area contributed by atoms with Gasteiger partial charge in [-0.15, -0.1) is 0 Å². The summed E-state index contributed by atoms with van der Waals surface area (Å²) in [5.74, 6) is 0. The van der Waals surface area contributed by atoms with Crippen molar-refractivity contribution in [2.45, 2.75) is 64.1 Å². The lowest BCUT2D eigenvalue weighted by Crippen LogP contribution is -2.51. The van der Waals surface area contributed by atoms with E-state index in [1.165, 1.54) is 0 Å². The van der Waals surface area contributed by atoms with E-state index in [1.54, 1.807) is 0 Å². The smallest absolute Gasteiger partial charge is 0.0895 e. The predicted octanol–water partition coefficient (Wildman–Crippen LogP) is 2.15. The Morgan fingerprint density at radius 3 is 2.12 bits per heavy atom. The van der Waals surface area contributed by atoms with Gasteiger partial charge < -0.3 is 15.6 Å². The van der Waals surface area contributed by atoms with E-state index in [4.69, 9.17) is 10.5 Å². The molecule has 3 nitrogen and oxygen atoms in total. The van der Waals surface area contributed by atoms with Crippen molar-refractivity contribution in [1.29, 1.82) is 0 Å². The third-order valence-electron chi connectivity index (χ3n) is 3.87. The number of rotatable bonds is 6. The molecule has 0 aromatic carbocycles. The number of hydrogen-bond acceptors (Lipinski definition) is 3. The summed E-state index contributed by atoms with van der Waals surface area (Å²) in [6.45, 7) is 14.3. The van der Waals surface area contributed by atoms with Crippen molar-refractivity contribution in [3.05, 3.63) is 0 Å². The highest BCUT2D eigenvalue weighted by atomic mass is 28.3. The molecule has 0 aromatic heterocycles. The van der Waals surface area contributed by atoms with Crippen LogP contribution in [0.2, 0.25) is 18.1 Å². The molecular weight excluding hydrogens is 218 g/mol. The average Bonchev–Trinajstić information content (AvgIpc) is 2.16. The first-order valence-electron chi connectivity index (χ1n) is 6.16. The molecular formula is C12H29NO2Si. The first-order valence-corrected chi connectivity index (χ1v) is 9.24. The van der Waals surface area contributed by atoms with Gasteiger partial charge in [-0.25, -0.2) is 0 Å². The molecule has 0 aliphatic heterocycles. The van der Waals surface area contributed by atoms with Gasteiger partial charge in [-0.05, 0) is 11.5 Å². The third kappa shape index (κ3) is 4.16. The van der Waals surface area contributed by atoms with E-state index in [0.717, 1.165) is 6.42 Å². The van der Waals surface area contributed by atoms with Crippen molar-refractivity contribution in [3.8, 4) is 0 Å². The van der Waals surface area contributed by atoms with Gasteiger partial charge in [-0.1, -0.05) is 40.8 Å². The SMILES string of the molecule is CCC(OCC(O)CN)[Si](C)(C)C(C)(C)C. The van der Waals surface area contributed by atoms with E-state index in [0.29, 0.717) is 11.6 Å². The van der Waals surface area contributed by atoms with Crippen LogP contribution in [0.25, 0.3) is 0 Å². The summed E-state index contributed by atoms with van der Waals surface area (Å²) in [4.78, 5) is 0. The van der Waals surface area contributed by atoms with Crippen LogP contribution >= 0.6 is 0 Å². The Labute approximate surface area is 101 Å². The maximum Gasteiger partial charge on any atom is 0.0895 e. The van der Waals surface area contributed by atoms with E-state index in [1.807, 2.05) is 0 Å². The summed E-state index contributed by atoms with van der Waals surface area (Å²) < 4.78 is 5.87. The number of hydrogen-bond donors (Lipinski definition) is 2. The van der Waals surface area contributed by atoms with Gasteiger partial charge in [-0.3, -0.25) is 0 Å². The Kier molecular flexibility index (Phi) is 6.18. The summed E-state index contributed by atoms with van der Waals surface area (Å²) in [5.41, 5.74) is 5.66. The minimum absolute atomic E-state index is 0.272. The summed E-state index contributed by atoms with van der Waals surface area (Å²) in [7, 11) is -1.49. The van der Waals surface area contributed by atoms with E-state index in [2.05, 4.69) is 40.8 Å². The van der Waals surface area contributed by atoms with Crippen molar-refractivity contribution in [1.82, 2.24) is 0 Å². The molecule has 0 rings (SSSR count). The van der Waals surface area contributed by atoms with Crippen molar-refractivity contribution in [2.24, 2.45) is 5.73 Å². The molecule has 0 aliphatic carbocycles. The second kappa shape index (κ2) is 6.14. The Balaban J connectivity index is 4.49. The molecule has 0 spiro atoms. The minimum atomic E-state index is -1.49. The summed E-state index contributed by atoms with van der Waals surface area (Å²) >= 11 is 0. The van der Waals surface area contributed by atoms with Crippen LogP contribution < -0.4 is 5.73 Å². The van der Waals surface area contributed by atoms with Crippen LogP contribution in [0.3, 0.4) is 0 Å². The van der Waals surface area contributed by atoms with Crippen molar-refractivity contribution in [2.75, 3.05) is 13.2 Å². The lowest BCUT2D eigenvalue weighted by atomic mass is 10.2. The molecule has 2 unspecified atom stereocenters. The molecule has 4 heteroatoms. The predicted molar refractivity (Wildman–Crippen MR) is 72.3 cm³/mol. The Hall–Kier alpha value is 0.0969. The second-order valence-electron chi connectivity index (χ2n) is 6.09. The molecule has 2 atom stereocenters. The molecule has 0 aliphatic rings. The van der Waals surface area contributed by atoms with Gasteiger partial charge in [-0.2, -0.15) is 0 Å². The maximum atomic E-state index is 9.44. The van der Waals surface area contributed by atoms with Gasteiger partial charge in [0.15, 0.2) is 0 Å². The average molecular weight is 247 g/mol. The normalized spacial score (nSPS) is 17.2. The fourth-order valence-electron chi connectivity index (χ4n) is 1.61. The molecule has 98 valence electrons. The van der Waals surface area contributed by atoms with Gasteiger partial charge in [0, 0.05) is 12.3 Å². The van der Waals surface area contributed by atoms with Gasteiger partial charge in [0.25, 0.3) is 0 Å². The highest BCUT2D eigenvalue weighted by molar-refractivity contribution is 6.81. The fraction of sp³-hybridized carbons (Fsp3) is 1.00. The minimum Gasteiger partial charge on any atom is -0.389 e. The van der Waals surface area contributed by atoms with Crippen LogP contribution in [0.5, 0.6) is 0 Å². The maximum absolute atomic E-state index is 9.44. The molecule has 3 N–H and O–H groups in total. The molecule has 0 saturated heterocycles. The van der Waals surface area contributed by atoms with Crippen LogP contribution in [0.1, 0.15) is 34.1 Å². The van der Waals surface area contributed by atoms with E-state index in [-0.39, 0.29) is 12.3 Å². The van der Waals surface area contributed by atoms with Gasteiger partial charge in [0.2, 0.25) is 0 Å². The first-order chi connectivity index (χ1) is 7.16. The molecule has 0 bridgehead atoms. The zero-order valence-electron chi connectivity index (χ0n) is 11.7. The van der Waals surface area contributed by atoms with Gasteiger partial charge in [0.05, 0.1) is 20.8 Å². The number of aliphatic hydroxyl groups excluding tert-OH is 1. The van der Waals surface area contributed by atoms with E-state index in [9.17, 15) is 5.11 Å². The molecule has 0 heterocycles. The van der Waals surface area contributed by atoms with Crippen LogP contribution in [0.15, 0.2) is 0 Å². The standard InChI is InChI=1S/C12H29NO2Si/c1-7-11(15-9-10(14)8-13)16(5,6)12(2,3)4/h10-11,14H,7-9,13H2,1-6H3. The van der Waals surface area contributed by atoms with Crippen molar-refractivity contribution >= 4 is 8.07 Å². The van der Waals surface area contributed by atoms with Crippen LogP contribution in [0.4, 0.5) is 0 Å². The topological polar surface area (TPSA) is 55.5 Å². The molecule has 0 amide bonds. The third-order valence-corrected chi connectivity index (χ3v) is 9.92. The number of ether oxygens (including phenoxy) is 1. The fourth-order valence-corrected chi connectivity index (χ4v) is 4.11. The highest BCUT2D eigenvalue weighted by Crippen LogP contribution is 2.39. The van der Waals surface area contributed by atoms with Crippen molar-refractivity contribution < 1.29 is 9.84 Å². The highest BCUT2D eigenvalue weighted by Gasteiger charge is 2.42. The van der Waals surface area contributed by atoms with E-state index >= 15 is 0 Å². The number of aliphatic hydroxyl groups is 1. The van der Waals surface area contributed by atoms with Gasteiger partial charge >= 0.3 is 0 Å². The van der Waals surface area contributed by atoms with Crippen molar-refractivity contribution in [3.63, 3.8) is 0 Å². The number of nitrogens with two attached hydrogens (primary N) is 1. The summed E-state index contributed by atoms with van der Waals surface area (Å²) in [6.07, 6.45) is 0.479. The van der Waals surface area contributed by atoms with Gasteiger partial charge in [0.1, 0.15) is 0 Å². The zero-order valence-corrected chi connectivity index (χ0v) is 12.7. The van der Waals surface area contributed by atoms with Crippen LogP contribution in [-0.2, 0) is 4.74 Å². The molecule has 0 radical (unpaired) electrons. The van der Waals surface area contributed by atoms with E-state index < -0.39 is 14.2 Å². The molecule has 16 heavy (non-hydrogen) atoms. The molecule has 0 aromatic rings. The van der Waals surface area contributed by atoms with Crippen LogP contribution in [-0.4, -0.2) is 38.2 Å². The lowest BCUT2D eigenvalue weighted by Gasteiger charge is -2.42.